The summed E-state index contributed by atoms with van der Waals surface area (Å²) in [5, 5.41) is 10.0. The third-order valence-corrected chi connectivity index (χ3v) is 8.82. The molecular formula is C31H42O5. The van der Waals surface area contributed by atoms with Crippen molar-refractivity contribution in [1.29, 1.82) is 0 Å². The molecule has 0 saturated carbocycles. The van der Waals surface area contributed by atoms with Crippen molar-refractivity contribution in [3.8, 4) is 0 Å². The van der Waals surface area contributed by atoms with Gasteiger partial charge in [0.2, 0.25) is 0 Å². The van der Waals surface area contributed by atoms with Crippen LogP contribution in [0.5, 0.6) is 0 Å². The number of carbonyl (C=O) groups excluding carboxylic acids is 2. The molecule has 8 atom stereocenters. The van der Waals surface area contributed by atoms with Gasteiger partial charge < -0.3 is 14.6 Å². The maximum Gasteiger partial charge on any atom is 0.312 e. The molecule has 5 nitrogen and oxygen atoms in total. The lowest BCUT2D eigenvalue weighted by Crippen LogP contribution is -2.44. The van der Waals surface area contributed by atoms with Crippen molar-refractivity contribution in [3.05, 3.63) is 59.7 Å². The minimum atomic E-state index is -0.663. The zero-order chi connectivity index (χ0) is 26.0. The Bertz CT molecular complexity index is 993. The number of carbonyl (C=O) groups is 2. The van der Waals surface area contributed by atoms with Crippen LogP contribution >= 0.6 is 0 Å². The van der Waals surface area contributed by atoms with Gasteiger partial charge in [-0.3, -0.25) is 9.59 Å². The molecule has 4 rings (SSSR count). The number of hydrogen-bond acceptors (Lipinski definition) is 5. The van der Waals surface area contributed by atoms with Crippen molar-refractivity contribution in [2.24, 2.45) is 29.1 Å². The number of rotatable bonds is 7. The molecule has 1 aromatic carbocycles. The summed E-state index contributed by atoms with van der Waals surface area (Å²) < 4.78 is 11.9. The second kappa shape index (κ2) is 10.9. The Kier molecular flexibility index (Phi) is 8.09. The van der Waals surface area contributed by atoms with Crippen LogP contribution in [0.4, 0.5) is 0 Å². The highest BCUT2D eigenvalue weighted by Gasteiger charge is 2.44. The molecule has 1 unspecified atom stereocenters. The number of esters is 2. The normalized spacial score (nSPS) is 33.2. The molecule has 1 fully saturated rings. The van der Waals surface area contributed by atoms with Gasteiger partial charge >= 0.3 is 11.9 Å². The average Bonchev–Trinajstić information content (AvgIpc) is 2.83. The summed E-state index contributed by atoms with van der Waals surface area (Å²) in [6.45, 7) is 10.5. The Balaban J connectivity index is 1.51. The molecule has 0 aromatic heterocycles. The van der Waals surface area contributed by atoms with Gasteiger partial charge in [-0.15, -0.1) is 0 Å². The Hall–Kier alpha value is -2.40. The highest BCUT2D eigenvalue weighted by atomic mass is 16.6. The molecule has 1 aliphatic heterocycles. The Labute approximate surface area is 216 Å². The van der Waals surface area contributed by atoms with Gasteiger partial charge in [0.05, 0.1) is 17.9 Å². The molecule has 3 aliphatic rings. The standard InChI is InChI=1S/C31H42O5/c1-19-15-23-12-11-20(2)26(14-13-25-17-24(32)18-28(33)35-25)29(23)27(16-19)36-30(34)31(4,5)21(3)22-9-7-6-8-10-22/h6-12,15,19-21,24-27,29,32H,13-14,16-18H2,1-5H3/t19-,20-,21?,24+,25+,26-,27-,29-/m0/s1. The first-order chi connectivity index (χ1) is 17.1. The Morgan fingerprint density at radius 2 is 1.89 bits per heavy atom. The number of ether oxygens (including phenoxy) is 2. The second-order valence-electron chi connectivity index (χ2n) is 11.9. The molecule has 1 heterocycles. The molecule has 0 bridgehead atoms. The quantitative estimate of drug-likeness (QED) is 0.472. The van der Waals surface area contributed by atoms with Crippen LogP contribution in [0.1, 0.15) is 78.2 Å². The van der Waals surface area contributed by atoms with E-state index in [9.17, 15) is 14.7 Å². The lowest BCUT2D eigenvalue weighted by molar-refractivity contribution is -0.166. The molecule has 1 N–H and O–H groups in total. The maximum absolute atomic E-state index is 13.6. The van der Waals surface area contributed by atoms with Crippen molar-refractivity contribution < 1.29 is 24.2 Å². The van der Waals surface area contributed by atoms with Crippen LogP contribution in [0.15, 0.2) is 54.1 Å². The van der Waals surface area contributed by atoms with Crippen molar-refractivity contribution in [1.82, 2.24) is 0 Å². The summed E-state index contributed by atoms with van der Waals surface area (Å²) in [7, 11) is 0. The predicted octanol–water partition coefficient (Wildman–Crippen LogP) is 5.98. The first-order valence-corrected chi connectivity index (χ1v) is 13.6. The molecular weight excluding hydrogens is 452 g/mol. The molecule has 5 heteroatoms. The van der Waals surface area contributed by atoms with Gasteiger partial charge in [-0.1, -0.05) is 69.3 Å². The highest BCUT2D eigenvalue weighted by molar-refractivity contribution is 5.77. The fraction of sp³-hybridized carbons (Fsp3) is 0.613. The molecule has 1 saturated heterocycles. The molecule has 0 spiro atoms. The summed E-state index contributed by atoms with van der Waals surface area (Å²) in [6.07, 6.45) is 8.69. The monoisotopic (exact) mass is 494 g/mol. The first-order valence-electron chi connectivity index (χ1n) is 13.6. The Morgan fingerprint density at radius 1 is 1.17 bits per heavy atom. The van der Waals surface area contributed by atoms with Crippen LogP contribution in [-0.2, 0) is 19.1 Å². The van der Waals surface area contributed by atoms with E-state index in [4.69, 9.17) is 9.47 Å². The molecule has 0 amide bonds. The van der Waals surface area contributed by atoms with E-state index in [0.717, 1.165) is 18.4 Å². The summed E-state index contributed by atoms with van der Waals surface area (Å²) in [5.41, 5.74) is 1.72. The topological polar surface area (TPSA) is 72.8 Å². The van der Waals surface area contributed by atoms with Crippen LogP contribution in [-0.4, -0.2) is 35.4 Å². The second-order valence-corrected chi connectivity index (χ2v) is 11.9. The van der Waals surface area contributed by atoms with Crippen molar-refractivity contribution >= 4 is 11.9 Å². The number of aliphatic hydroxyl groups excluding tert-OH is 1. The summed E-state index contributed by atoms with van der Waals surface area (Å²) in [6, 6.07) is 10.2. The summed E-state index contributed by atoms with van der Waals surface area (Å²) in [5.74, 6) is 0.609. The number of hydrogen-bond donors (Lipinski definition) is 1. The lowest BCUT2D eigenvalue weighted by Gasteiger charge is -2.44. The minimum Gasteiger partial charge on any atom is -0.462 e. The van der Waals surface area contributed by atoms with E-state index in [1.54, 1.807) is 0 Å². The van der Waals surface area contributed by atoms with Gasteiger partial charge in [0.15, 0.2) is 0 Å². The third-order valence-electron chi connectivity index (χ3n) is 8.82. The van der Waals surface area contributed by atoms with E-state index in [-0.39, 0.29) is 48.3 Å². The van der Waals surface area contributed by atoms with Gasteiger partial charge in [0, 0.05) is 12.3 Å². The van der Waals surface area contributed by atoms with Gasteiger partial charge in [0.1, 0.15) is 12.2 Å². The minimum absolute atomic E-state index is 0.0237. The zero-order valence-electron chi connectivity index (χ0n) is 22.4. The maximum atomic E-state index is 13.6. The van der Waals surface area contributed by atoms with E-state index >= 15 is 0 Å². The van der Waals surface area contributed by atoms with Crippen LogP contribution < -0.4 is 0 Å². The first kappa shape index (κ1) is 26.7. The van der Waals surface area contributed by atoms with Crippen molar-refractivity contribution in [3.63, 3.8) is 0 Å². The fourth-order valence-electron chi connectivity index (χ4n) is 6.26. The van der Waals surface area contributed by atoms with E-state index in [0.29, 0.717) is 24.7 Å². The number of fused-ring (bicyclic) bond motifs is 1. The lowest BCUT2D eigenvalue weighted by atomic mass is 9.65. The van der Waals surface area contributed by atoms with E-state index in [1.807, 2.05) is 32.0 Å². The molecule has 36 heavy (non-hydrogen) atoms. The smallest absolute Gasteiger partial charge is 0.312 e. The van der Waals surface area contributed by atoms with Gasteiger partial charge in [-0.25, -0.2) is 0 Å². The van der Waals surface area contributed by atoms with Crippen molar-refractivity contribution in [2.45, 2.75) is 91.0 Å². The number of benzene rings is 1. The number of aliphatic hydroxyl groups is 1. The van der Waals surface area contributed by atoms with Crippen molar-refractivity contribution in [2.75, 3.05) is 0 Å². The number of cyclic esters (lactones) is 1. The van der Waals surface area contributed by atoms with Gasteiger partial charge in [-0.05, 0) is 67.9 Å². The van der Waals surface area contributed by atoms with E-state index < -0.39 is 11.5 Å². The van der Waals surface area contributed by atoms with E-state index in [2.05, 4.69) is 51.1 Å². The molecule has 1 aromatic rings. The summed E-state index contributed by atoms with van der Waals surface area (Å²) in [4.78, 5) is 25.5. The van der Waals surface area contributed by atoms with E-state index in [1.165, 1.54) is 5.57 Å². The Morgan fingerprint density at radius 3 is 2.58 bits per heavy atom. The molecule has 2 aliphatic carbocycles. The van der Waals surface area contributed by atoms with Crippen LogP contribution in [0.25, 0.3) is 0 Å². The number of allylic oxidation sites excluding steroid dienone is 3. The summed E-state index contributed by atoms with van der Waals surface area (Å²) >= 11 is 0. The highest BCUT2D eigenvalue weighted by Crippen LogP contribution is 2.46. The SMILES string of the molecule is CC(c1ccccc1)C(C)(C)C(=O)O[C@H]1C[C@@H](C)C=C2C=C[C@H](C)[C@H](CC[C@@H]3C[C@@H](O)CC(=O)O3)[C@H]21. The average molecular weight is 495 g/mol. The van der Waals surface area contributed by atoms with Crippen LogP contribution in [0, 0.1) is 29.1 Å². The fourth-order valence-corrected chi connectivity index (χ4v) is 6.26. The zero-order valence-corrected chi connectivity index (χ0v) is 22.4. The van der Waals surface area contributed by atoms with Crippen LogP contribution in [0.3, 0.4) is 0 Å². The largest absolute Gasteiger partial charge is 0.462 e. The van der Waals surface area contributed by atoms with Gasteiger partial charge in [0.25, 0.3) is 0 Å². The molecule has 196 valence electrons. The van der Waals surface area contributed by atoms with Gasteiger partial charge in [-0.2, -0.15) is 0 Å². The molecule has 0 radical (unpaired) electrons. The third kappa shape index (κ3) is 5.77. The predicted molar refractivity (Wildman–Crippen MR) is 140 cm³/mol. The van der Waals surface area contributed by atoms with Crippen LogP contribution in [0.2, 0.25) is 0 Å².